The molecule has 0 radical (unpaired) electrons. The Labute approximate surface area is 134 Å². The molecule has 2 heterocycles. The van der Waals surface area contributed by atoms with E-state index >= 15 is 0 Å². The van der Waals surface area contributed by atoms with Crippen LogP contribution in [0.25, 0.3) is 11.0 Å². The van der Waals surface area contributed by atoms with Gasteiger partial charge in [0.1, 0.15) is 19.0 Å². The highest BCUT2D eigenvalue weighted by atomic mass is 16.5. The number of amides is 1. The molecule has 0 unspecified atom stereocenters. The number of hydrogen-bond donors (Lipinski definition) is 2. The monoisotopic (exact) mass is 315 g/mol. The average Bonchev–Trinajstić information content (AvgIpc) is 3.07. The molecule has 1 saturated heterocycles. The van der Waals surface area contributed by atoms with Gasteiger partial charge in [-0.3, -0.25) is 4.79 Å². The van der Waals surface area contributed by atoms with Crippen LogP contribution in [0.1, 0.15) is 24.2 Å². The van der Waals surface area contributed by atoms with Crippen molar-refractivity contribution in [1.82, 2.24) is 15.3 Å². The molecule has 2 aliphatic rings. The van der Waals surface area contributed by atoms with Gasteiger partial charge in [0.2, 0.25) is 5.91 Å². The van der Waals surface area contributed by atoms with Crippen molar-refractivity contribution in [3.05, 3.63) is 29.6 Å². The van der Waals surface area contributed by atoms with Gasteiger partial charge in [0.15, 0.2) is 0 Å². The molecule has 2 aromatic rings. The van der Waals surface area contributed by atoms with E-state index in [1.165, 1.54) is 5.56 Å². The minimum atomic E-state index is -0.0627. The lowest BCUT2D eigenvalue weighted by atomic mass is 9.76. The number of rotatable bonds is 5. The Bertz CT molecular complexity index is 727. The minimum absolute atomic E-state index is 0.0603. The van der Waals surface area contributed by atoms with E-state index in [1.54, 1.807) is 0 Å². The van der Waals surface area contributed by atoms with Gasteiger partial charge in [0.05, 0.1) is 17.1 Å². The number of benzene rings is 1. The number of aromatic nitrogens is 2. The molecular formula is C17H21N3O3. The summed E-state index contributed by atoms with van der Waals surface area (Å²) in [6.45, 7) is 3.23. The van der Waals surface area contributed by atoms with Crippen molar-refractivity contribution >= 4 is 16.9 Å². The lowest BCUT2D eigenvalue weighted by Crippen LogP contribution is -2.54. The van der Waals surface area contributed by atoms with Crippen molar-refractivity contribution in [3.63, 3.8) is 0 Å². The average molecular weight is 315 g/mol. The van der Waals surface area contributed by atoms with Crippen LogP contribution in [0.4, 0.5) is 0 Å². The van der Waals surface area contributed by atoms with E-state index in [4.69, 9.17) is 9.47 Å². The zero-order valence-electron chi connectivity index (χ0n) is 13.2. The molecule has 1 aliphatic heterocycles. The molecule has 0 bridgehead atoms. The SMILES string of the molecule is Cc1ccc2nc(COCC(=O)N[C@H]3C[C@@H]4OCC[C@H]34)[nH]c2c1. The zero-order valence-corrected chi connectivity index (χ0v) is 13.2. The predicted molar refractivity (Wildman–Crippen MR) is 84.9 cm³/mol. The molecule has 2 N–H and O–H groups in total. The molecule has 3 atom stereocenters. The third-order valence-electron chi connectivity index (χ3n) is 4.77. The second-order valence-corrected chi connectivity index (χ2v) is 6.47. The van der Waals surface area contributed by atoms with Crippen molar-refractivity contribution in [2.45, 2.75) is 38.5 Å². The zero-order chi connectivity index (χ0) is 15.8. The summed E-state index contributed by atoms with van der Waals surface area (Å²) in [7, 11) is 0. The van der Waals surface area contributed by atoms with E-state index in [0.29, 0.717) is 18.6 Å². The molecule has 1 saturated carbocycles. The van der Waals surface area contributed by atoms with Crippen LogP contribution in [0.2, 0.25) is 0 Å². The maximum Gasteiger partial charge on any atom is 0.246 e. The molecule has 6 nitrogen and oxygen atoms in total. The fourth-order valence-electron chi connectivity index (χ4n) is 3.50. The highest BCUT2D eigenvalue weighted by Crippen LogP contribution is 2.38. The smallest absolute Gasteiger partial charge is 0.246 e. The van der Waals surface area contributed by atoms with Gasteiger partial charge in [-0.2, -0.15) is 0 Å². The van der Waals surface area contributed by atoms with Crippen LogP contribution in [0.3, 0.4) is 0 Å². The maximum atomic E-state index is 11.9. The summed E-state index contributed by atoms with van der Waals surface area (Å²) in [6.07, 6.45) is 2.34. The summed E-state index contributed by atoms with van der Waals surface area (Å²) in [6, 6.07) is 6.32. The van der Waals surface area contributed by atoms with Crippen molar-refractivity contribution < 1.29 is 14.3 Å². The Morgan fingerprint density at radius 3 is 3.30 bits per heavy atom. The summed E-state index contributed by atoms with van der Waals surface area (Å²) in [4.78, 5) is 19.6. The van der Waals surface area contributed by atoms with E-state index in [-0.39, 0.29) is 18.6 Å². The summed E-state index contributed by atoms with van der Waals surface area (Å²) >= 11 is 0. The molecule has 4 rings (SSSR count). The molecule has 1 aliphatic carbocycles. The Morgan fingerprint density at radius 2 is 2.43 bits per heavy atom. The lowest BCUT2D eigenvalue weighted by Gasteiger charge is -2.39. The van der Waals surface area contributed by atoms with Crippen LogP contribution in [-0.4, -0.2) is 41.2 Å². The summed E-state index contributed by atoms with van der Waals surface area (Å²) in [5.41, 5.74) is 3.10. The number of hydrogen-bond acceptors (Lipinski definition) is 4. The number of nitrogens with one attached hydrogen (secondary N) is 2. The number of imidazole rings is 1. The molecule has 122 valence electrons. The number of carbonyl (C=O) groups excluding carboxylic acids is 1. The first-order valence-corrected chi connectivity index (χ1v) is 8.13. The number of H-pyrrole nitrogens is 1. The standard InChI is InChI=1S/C17H21N3O3/c1-10-2-3-12-14(6-10)19-16(18-12)8-22-9-17(21)20-13-7-15-11(13)4-5-23-15/h2-3,6,11,13,15H,4-5,7-9H2,1H3,(H,18,19)(H,20,21)/t11-,13+,15+/m1/s1. The van der Waals surface area contributed by atoms with Gasteiger partial charge >= 0.3 is 0 Å². The first-order chi connectivity index (χ1) is 11.2. The topological polar surface area (TPSA) is 76.2 Å². The summed E-state index contributed by atoms with van der Waals surface area (Å²) < 4.78 is 11.0. The summed E-state index contributed by atoms with van der Waals surface area (Å²) in [5, 5.41) is 3.03. The van der Waals surface area contributed by atoms with Crippen molar-refractivity contribution in [2.75, 3.05) is 13.2 Å². The number of carbonyl (C=O) groups is 1. The van der Waals surface area contributed by atoms with E-state index in [2.05, 4.69) is 21.4 Å². The normalized spacial score (nSPS) is 26.0. The van der Waals surface area contributed by atoms with E-state index < -0.39 is 0 Å². The molecule has 1 aromatic heterocycles. The Hall–Kier alpha value is -1.92. The van der Waals surface area contributed by atoms with Crippen LogP contribution in [0.5, 0.6) is 0 Å². The molecule has 1 amide bonds. The third-order valence-corrected chi connectivity index (χ3v) is 4.77. The number of fused-ring (bicyclic) bond motifs is 2. The second kappa shape index (κ2) is 5.94. The van der Waals surface area contributed by atoms with Crippen LogP contribution in [0.15, 0.2) is 18.2 Å². The molecule has 6 heteroatoms. The van der Waals surface area contributed by atoms with Gasteiger partial charge in [-0.05, 0) is 37.5 Å². The van der Waals surface area contributed by atoms with E-state index in [1.807, 2.05) is 19.1 Å². The fourth-order valence-corrected chi connectivity index (χ4v) is 3.50. The van der Waals surface area contributed by atoms with Crippen LogP contribution >= 0.6 is 0 Å². The largest absolute Gasteiger partial charge is 0.378 e. The van der Waals surface area contributed by atoms with Crippen LogP contribution in [0, 0.1) is 12.8 Å². The Balaban J connectivity index is 1.25. The quantitative estimate of drug-likeness (QED) is 0.880. The molecule has 1 aromatic carbocycles. The summed E-state index contributed by atoms with van der Waals surface area (Å²) in [5.74, 6) is 1.18. The van der Waals surface area contributed by atoms with Crippen molar-refractivity contribution in [2.24, 2.45) is 5.92 Å². The Morgan fingerprint density at radius 1 is 1.52 bits per heavy atom. The van der Waals surface area contributed by atoms with E-state index in [9.17, 15) is 4.79 Å². The maximum absolute atomic E-state index is 11.9. The van der Waals surface area contributed by atoms with Crippen molar-refractivity contribution in [1.29, 1.82) is 0 Å². The number of aromatic amines is 1. The number of ether oxygens (including phenoxy) is 2. The fraction of sp³-hybridized carbons (Fsp3) is 0.529. The second-order valence-electron chi connectivity index (χ2n) is 6.47. The molecular weight excluding hydrogens is 294 g/mol. The molecule has 0 spiro atoms. The van der Waals surface area contributed by atoms with Gasteiger partial charge in [0, 0.05) is 18.6 Å². The first kappa shape index (κ1) is 14.7. The number of nitrogens with zero attached hydrogens (tertiary/aromatic N) is 1. The van der Waals surface area contributed by atoms with Crippen LogP contribution < -0.4 is 5.32 Å². The first-order valence-electron chi connectivity index (χ1n) is 8.13. The van der Waals surface area contributed by atoms with Gasteiger partial charge < -0.3 is 19.8 Å². The Kier molecular flexibility index (Phi) is 3.79. The minimum Gasteiger partial charge on any atom is -0.378 e. The van der Waals surface area contributed by atoms with Crippen molar-refractivity contribution in [3.8, 4) is 0 Å². The van der Waals surface area contributed by atoms with Gasteiger partial charge in [-0.15, -0.1) is 0 Å². The van der Waals surface area contributed by atoms with Gasteiger partial charge in [-0.25, -0.2) is 4.98 Å². The highest BCUT2D eigenvalue weighted by Gasteiger charge is 2.45. The highest BCUT2D eigenvalue weighted by molar-refractivity contribution is 5.78. The predicted octanol–water partition coefficient (Wildman–Crippen LogP) is 1.68. The number of aryl methyl sites for hydroxylation is 1. The van der Waals surface area contributed by atoms with E-state index in [0.717, 1.165) is 36.3 Å². The molecule has 2 fully saturated rings. The van der Waals surface area contributed by atoms with Gasteiger partial charge in [-0.1, -0.05) is 6.07 Å². The van der Waals surface area contributed by atoms with Gasteiger partial charge in [0.25, 0.3) is 0 Å². The van der Waals surface area contributed by atoms with Crippen LogP contribution in [-0.2, 0) is 20.9 Å². The molecule has 23 heavy (non-hydrogen) atoms. The third kappa shape index (κ3) is 2.96. The lowest BCUT2D eigenvalue weighted by molar-refractivity contribution is -0.129.